The van der Waals surface area contributed by atoms with Crippen molar-refractivity contribution in [2.24, 2.45) is 0 Å². The molecule has 1 aromatic heterocycles. The van der Waals surface area contributed by atoms with E-state index in [0.29, 0.717) is 18.3 Å². The molecule has 21 heavy (non-hydrogen) atoms. The highest BCUT2D eigenvalue weighted by atomic mass is 19.1. The fourth-order valence-electron chi connectivity index (χ4n) is 1.87. The number of benzene rings is 1. The van der Waals surface area contributed by atoms with Crippen molar-refractivity contribution in [3.8, 4) is 5.75 Å². The molecule has 2 rings (SSSR count). The zero-order chi connectivity index (χ0) is 15.4. The summed E-state index contributed by atoms with van der Waals surface area (Å²) in [5.41, 5.74) is 0.819. The van der Waals surface area contributed by atoms with Crippen molar-refractivity contribution in [2.45, 2.75) is 40.0 Å². The Hall–Kier alpha value is -1.88. The summed E-state index contributed by atoms with van der Waals surface area (Å²) in [4.78, 5) is 0. The van der Waals surface area contributed by atoms with Crippen molar-refractivity contribution in [1.29, 1.82) is 0 Å². The molecular formula is C16H19F2NO2. The Kier molecular flexibility index (Phi) is 4.96. The summed E-state index contributed by atoms with van der Waals surface area (Å²) in [6.45, 7) is 6.67. The third-order valence-corrected chi connectivity index (χ3v) is 3.03. The minimum atomic E-state index is -0.584. The van der Waals surface area contributed by atoms with Crippen LogP contribution >= 0.6 is 0 Å². The van der Waals surface area contributed by atoms with E-state index in [-0.39, 0.29) is 12.4 Å². The maximum Gasteiger partial charge on any atom is 0.165 e. The number of rotatable bonds is 6. The van der Waals surface area contributed by atoms with Gasteiger partial charge in [-0.15, -0.1) is 0 Å². The van der Waals surface area contributed by atoms with Crippen LogP contribution in [0.4, 0.5) is 8.78 Å². The molecule has 0 aliphatic heterocycles. The van der Waals surface area contributed by atoms with E-state index in [4.69, 9.17) is 9.15 Å². The molecule has 0 bridgehead atoms. The van der Waals surface area contributed by atoms with Crippen LogP contribution in [0.15, 0.2) is 28.7 Å². The lowest BCUT2D eigenvalue weighted by molar-refractivity contribution is 0.286. The smallest absolute Gasteiger partial charge is 0.165 e. The molecule has 2 aromatic rings. The Morgan fingerprint density at radius 1 is 1.24 bits per heavy atom. The molecule has 3 nitrogen and oxygen atoms in total. The van der Waals surface area contributed by atoms with Gasteiger partial charge in [0.15, 0.2) is 11.6 Å². The second-order valence-corrected chi connectivity index (χ2v) is 5.19. The highest BCUT2D eigenvalue weighted by molar-refractivity contribution is 5.26. The van der Waals surface area contributed by atoms with E-state index in [0.717, 1.165) is 29.5 Å². The van der Waals surface area contributed by atoms with Crippen molar-refractivity contribution in [1.82, 2.24) is 5.32 Å². The van der Waals surface area contributed by atoms with E-state index < -0.39 is 11.6 Å². The Balaban J connectivity index is 2.01. The SMILES string of the molecule is Cc1oc(CNC(C)C)cc1COc1cc(F)ccc1F. The third-order valence-electron chi connectivity index (χ3n) is 3.03. The number of furan rings is 1. The van der Waals surface area contributed by atoms with Crippen LogP contribution in [0, 0.1) is 18.6 Å². The Bertz CT molecular complexity index is 608. The van der Waals surface area contributed by atoms with Crippen LogP contribution in [0.3, 0.4) is 0 Å². The largest absolute Gasteiger partial charge is 0.486 e. The Morgan fingerprint density at radius 3 is 2.71 bits per heavy atom. The lowest BCUT2D eigenvalue weighted by Gasteiger charge is -2.06. The molecule has 1 heterocycles. The van der Waals surface area contributed by atoms with Gasteiger partial charge in [-0.05, 0) is 25.1 Å². The van der Waals surface area contributed by atoms with Crippen molar-refractivity contribution < 1.29 is 17.9 Å². The summed E-state index contributed by atoms with van der Waals surface area (Å²) >= 11 is 0. The fourth-order valence-corrected chi connectivity index (χ4v) is 1.87. The molecule has 0 atom stereocenters. The first-order valence-electron chi connectivity index (χ1n) is 6.85. The number of hydrogen-bond acceptors (Lipinski definition) is 3. The number of aryl methyl sites for hydroxylation is 1. The zero-order valence-corrected chi connectivity index (χ0v) is 12.4. The minimum Gasteiger partial charge on any atom is -0.486 e. The third kappa shape index (κ3) is 4.29. The van der Waals surface area contributed by atoms with Crippen LogP contribution in [0.2, 0.25) is 0 Å². The first-order chi connectivity index (χ1) is 9.95. The topological polar surface area (TPSA) is 34.4 Å². The van der Waals surface area contributed by atoms with Crippen LogP contribution in [-0.2, 0) is 13.2 Å². The molecular weight excluding hydrogens is 276 g/mol. The number of halogens is 2. The maximum absolute atomic E-state index is 13.5. The van der Waals surface area contributed by atoms with E-state index >= 15 is 0 Å². The normalized spacial score (nSPS) is 11.1. The van der Waals surface area contributed by atoms with Gasteiger partial charge in [0, 0.05) is 17.7 Å². The summed E-state index contributed by atoms with van der Waals surface area (Å²) in [5, 5.41) is 3.25. The molecule has 0 saturated carbocycles. The molecule has 0 spiro atoms. The van der Waals surface area contributed by atoms with Crippen molar-refractivity contribution in [3.05, 3.63) is 53.0 Å². The molecule has 0 saturated heterocycles. The standard InChI is InChI=1S/C16H19F2NO2/c1-10(2)19-8-14-6-12(11(3)21-14)9-20-16-7-13(17)4-5-15(16)18/h4-7,10,19H,8-9H2,1-3H3. The predicted molar refractivity (Wildman–Crippen MR) is 76.1 cm³/mol. The summed E-state index contributed by atoms with van der Waals surface area (Å²) in [5.74, 6) is 0.292. The van der Waals surface area contributed by atoms with E-state index in [1.807, 2.05) is 26.8 Å². The molecule has 0 radical (unpaired) electrons. The van der Waals surface area contributed by atoms with E-state index in [1.54, 1.807) is 0 Å². The fraction of sp³-hybridized carbons (Fsp3) is 0.375. The van der Waals surface area contributed by atoms with Crippen LogP contribution < -0.4 is 10.1 Å². The predicted octanol–water partition coefficient (Wildman–Crippen LogP) is 3.94. The average molecular weight is 295 g/mol. The lowest BCUT2D eigenvalue weighted by atomic mass is 10.2. The highest BCUT2D eigenvalue weighted by Crippen LogP contribution is 2.21. The minimum absolute atomic E-state index is 0.0996. The number of nitrogens with one attached hydrogen (secondary N) is 1. The van der Waals surface area contributed by atoms with E-state index in [1.165, 1.54) is 0 Å². The summed E-state index contributed by atoms with van der Waals surface area (Å²) in [6, 6.07) is 5.36. The molecule has 5 heteroatoms. The quantitative estimate of drug-likeness (QED) is 0.876. The van der Waals surface area contributed by atoms with Gasteiger partial charge in [-0.25, -0.2) is 8.78 Å². The van der Waals surface area contributed by atoms with Crippen molar-refractivity contribution >= 4 is 0 Å². The Morgan fingerprint density at radius 2 is 2.00 bits per heavy atom. The second-order valence-electron chi connectivity index (χ2n) is 5.19. The van der Waals surface area contributed by atoms with Gasteiger partial charge in [-0.2, -0.15) is 0 Å². The average Bonchev–Trinajstić information content (AvgIpc) is 2.78. The van der Waals surface area contributed by atoms with Gasteiger partial charge in [0.2, 0.25) is 0 Å². The van der Waals surface area contributed by atoms with E-state index in [9.17, 15) is 8.78 Å². The van der Waals surface area contributed by atoms with Crippen molar-refractivity contribution in [2.75, 3.05) is 0 Å². The molecule has 0 aliphatic rings. The van der Waals surface area contributed by atoms with Crippen LogP contribution in [-0.4, -0.2) is 6.04 Å². The van der Waals surface area contributed by atoms with Gasteiger partial charge in [0.05, 0.1) is 6.54 Å². The molecule has 0 amide bonds. The molecule has 0 aliphatic carbocycles. The lowest BCUT2D eigenvalue weighted by Crippen LogP contribution is -2.21. The monoisotopic (exact) mass is 295 g/mol. The highest BCUT2D eigenvalue weighted by Gasteiger charge is 2.10. The summed E-state index contributed by atoms with van der Waals surface area (Å²) in [7, 11) is 0. The number of ether oxygens (including phenoxy) is 1. The van der Waals surface area contributed by atoms with Crippen LogP contribution in [0.25, 0.3) is 0 Å². The van der Waals surface area contributed by atoms with E-state index in [2.05, 4.69) is 5.32 Å². The molecule has 0 fully saturated rings. The molecule has 0 unspecified atom stereocenters. The first-order valence-corrected chi connectivity index (χ1v) is 6.85. The Labute approximate surface area is 122 Å². The second kappa shape index (κ2) is 6.72. The van der Waals surface area contributed by atoms with Crippen LogP contribution in [0.5, 0.6) is 5.75 Å². The van der Waals surface area contributed by atoms with Crippen LogP contribution in [0.1, 0.15) is 30.9 Å². The molecule has 114 valence electrons. The van der Waals surface area contributed by atoms with Gasteiger partial charge in [-0.1, -0.05) is 13.8 Å². The zero-order valence-electron chi connectivity index (χ0n) is 12.4. The first kappa shape index (κ1) is 15.5. The van der Waals surface area contributed by atoms with Crippen molar-refractivity contribution in [3.63, 3.8) is 0 Å². The summed E-state index contributed by atoms with van der Waals surface area (Å²) < 4.78 is 37.4. The summed E-state index contributed by atoms with van der Waals surface area (Å²) in [6.07, 6.45) is 0. The van der Waals surface area contributed by atoms with Gasteiger partial charge in [0.1, 0.15) is 23.9 Å². The number of hydrogen-bond donors (Lipinski definition) is 1. The van der Waals surface area contributed by atoms with Gasteiger partial charge in [0.25, 0.3) is 0 Å². The maximum atomic E-state index is 13.5. The molecule has 1 N–H and O–H groups in total. The van der Waals surface area contributed by atoms with Gasteiger partial charge in [-0.3, -0.25) is 0 Å². The molecule has 1 aromatic carbocycles. The van der Waals surface area contributed by atoms with Gasteiger partial charge < -0.3 is 14.5 Å². The van der Waals surface area contributed by atoms with Gasteiger partial charge >= 0.3 is 0 Å².